The van der Waals surface area contributed by atoms with E-state index in [4.69, 9.17) is 19.3 Å². The molecule has 0 spiro atoms. The van der Waals surface area contributed by atoms with Crippen LogP contribution in [0.1, 0.15) is 10.4 Å². The number of hydrogen-bond donors (Lipinski definition) is 3. The summed E-state index contributed by atoms with van der Waals surface area (Å²) in [4.78, 5) is 23.4. The number of aldehydes is 1. The minimum absolute atomic E-state index is 0.206. The molecule has 25 heavy (non-hydrogen) atoms. The summed E-state index contributed by atoms with van der Waals surface area (Å²) >= 11 is 0. The summed E-state index contributed by atoms with van der Waals surface area (Å²) in [6.07, 6.45) is -1.43. The minimum Gasteiger partial charge on any atom is -0.493 e. The highest BCUT2D eigenvalue weighted by atomic mass is 16.5. The second kappa shape index (κ2) is 8.26. The lowest BCUT2D eigenvalue weighted by atomic mass is 10.0. The van der Waals surface area contributed by atoms with E-state index in [0.717, 1.165) is 0 Å². The van der Waals surface area contributed by atoms with E-state index >= 15 is 0 Å². The van der Waals surface area contributed by atoms with Crippen molar-refractivity contribution >= 4 is 12.3 Å². The van der Waals surface area contributed by atoms with Gasteiger partial charge in [0, 0.05) is 18.7 Å². The van der Waals surface area contributed by atoms with Gasteiger partial charge in [0.05, 0.1) is 20.3 Å². The van der Waals surface area contributed by atoms with Crippen LogP contribution in [0.2, 0.25) is 0 Å². The fourth-order valence-corrected chi connectivity index (χ4v) is 2.55. The Morgan fingerprint density at radius 1 is 1.40 bits per heavy atom. The van der Waals surface area contributed by atoms with Gasteiger partial charge in [-0.15, -0.1) is 0 Å². The molecule has 0 aliphatic carbocycles. The van der Waals surface area contributed by atoms with E-state index in [2.05, 4.69) is 0 Å². The topological polar surface area (TPSA) is 126 Å². The zero-order valence-corrected chi connectivity index (χ0v) is 13.8. The van der Waals surface area contributed by atoms with Crippen LogP contribution >= 0.6 is 0 Å². The molecular formula is C16H21NO8. The van der Waals surface area contributed by atoms with Crippen LogP contribution in [0.3, 0.4) is 0 Å². The van der Waals surface area contributed by atoms with Crippen molar-refractivity contribution in [3.63, 3.8) is 0 Å². The second-order valence-electron chi connectivity index (χ2n) is 5.54. The van der Waals surface area contributed by atoms with Gasteiger partial charge in [-0.1, -0.05) is 0 Å². The number of carboxylic acids is 1. The average Bonchev–Trinajstić information content (AvgIpc) is 2.65. The van der Waals surface area contributed by atoms with Crippen LogP contribution in [0.4, 0.5) is 0 Å². The number of methoxy groups -OCH3 is 1. The molecule has 2 unspecified atom stereocenters. The van der Waals surface area contributed by atoms with Crippen LogP contribution in [-0.2, 0) is 9.53 Å². The molecule has 1 fully saturated rings. The zero-order chi connectivity index (χ0) is 18.4. The first kappa shape index (κ1) is 19.1. The zero-order valence-electron chi connectivity index (χ0n) is 13.8. The first-order valence-electron chi connectivity index (χ1n) is 7.64. The maximum Gasteiger partial charge on any atom is 0.337 e. The number of hydrogen-bond acceptors (Lipinski definition) is 8. The van der Waals surface area contributed by atoms with E-state index in [1.165, 1.54) is 30.2 Å². The molecule has 1 aliphatic heterocycles. The van der Waals surface area contributed by atoms with Gasteiger partial charge in [0.1, 0.15) is 12.9 Å². The molecule has 1 aliphatic rings. The normalized spacial score (nSPS) is 18.8. The highest BCUT2D eigenvalue weighted by Gasteiger charge is 2.47. The molecule has 1 saturated heterocycles. The Balaban J connectivity index is 2.22. The first-order valence-corrected chi connectivity index (χ1v) is 7.64. The third kappa shape index (κ3) is 4.26. The van der Waals surface area contributed by atoms with E-state index in [1.54, 1.807) is 0 Å². The number of benzene rings is 1. The van der Waals surface area contributed by atoms with E-state index in [0.29, 0.717) is 25.1 Å². The predicted octanol–water partition coefficient (Wildman–Crippen LogP) is -0.647. The van der Waals surface area contributed by atoms with Crippen molar-refractivity contribution < 1.29 is 39.1 Å². The second-order valence-corrected chi connectivity index (χ2v) is 5.54. The van der Waals surface area contributed by atoms with Crippen LogP contribution in [0.5, 0.6) is 11.5 Å². The molecule has 0 bridgehead atoms. The maximum atomic E-state index is 11.2. The predicted molar refractivity (Wildman–Crippen MR) is 84.9 cm³/mol. The van der Waals surface area contributed by atoms with Crippen molar-refractivity contribution in [3.05, 3.63) is 23.8 Å². The molecule has 1 heterocycles. The molecule has 1 aromatic carbocycles. The van der Waals surface area contributed by atoms with Gasteiger partial charge in [0.15, 0.2) is 23.3 Å². The number of carbonyl (C=O) groups excluding carboxylic acids is 1. The number of rotatable bonds is 8. The standard InChI is InChI=1S/C16H21NO8/c1-23-13-8-11(9-18)2-3-12(13)25-10-16(22,14(19)15(20)21)17-4-6-24-7-5-17/h2-3,8-9,14,19,22H,4-7,10H2,1H3,(H,20,21). The van der Waals surface area contributed by atoms with Crippen LogP contribution < -0.4 is 9.47 Å². The Morgan fingerprint density at radius 2 is 2.08 bits per heavy atom. The molecule has 0 radical (unpaired) electrons. The van der Waals surface area contributed by atoms with Gasteiger partial charge in [0.25, 0.3) is 0 Å². The van der Waals surface area contributed by atoms with E-state index < -0.39 is 24.4 Å². The fourth-order valence-electron chi connectivity index (χ4n) is 2.55. The molecule has 138 valence electrons. The lowest BCUT2D eigenvalue weighted by Gasteiger charge is -2.42. The summed E-state index contributed by atoms with van der Waals surface area (Å²) in [6.45, 7) is 0.562. The summed E-state index contributed by atoms with van der Waals surface area (Å²) in [7, 11) is 1.39. The summed E-state index contributed by atoms with van der Waals surface area (Å²) < 4.78 is 15.8. The van der Waals surface area contributed by atoms with Crippen LogP contribution in [-0.4, -0.2) is 84.3 Å². The number of aliphatic hydroxyl groups is 2. The number of morpholine rings is 1. The van der Waals surface area contributed by atoms with E-state index in [-0.39, 0.29) is 24.6 Å². The average molecular weight is 355 g/mol. The van der Waals surface area contributed by atoms with Gasteiger partial charge in [-0.2, -0.15) is 0 Å². The summed E-state index contributed by atoms with van der Waals surface area (Å²) in [6, 6.07) is 4.41. The highest BCUT2D eigenvalue weighted by molar-refractivity contribution is 5.76. The molecule has 2 rings (SSSR count). The Morgan fingerprint density at radius 3 is 2.64 bits per heavy atom. The molecule has 9 nitrogen and oxygen atoms in total. The van der Waals surface area contributed by atoms with Gasteiger partial charge in [-0.05, 0) is 18.2 Å². The van der Waals surface area contributed by atoms with E-state index in [9.17, 15) is 19.8 Å². The summed E-state index contributed by atoms with van der Waals surface area (Å²) in [5.41, 5.74) is -1.78. The minimum atomic E-state index is -2.15. The SMILES string of the molecule is COc1cc(C=O)ccc1OCC(O)(C(O)C(=O)O)N1CCOCC1. The van der Waals surface area contributed by atoms with Gasteiger partial charge in [-0.25, -0.2) is 4.79 Å². The molecule has 2 atom stereocenters. The third-order valence-electron chi connectivity index (χ3n) is 3.99. The molecule has 0 saturated carbocycles. The van der Waals surface area contributed by atoms with E-state index in [1.807, 2.05) is 0 Å². The number of nitrogens with zero attached hydrogens (tertiary/aromatic N) is 1. The lowest BCUT2D eigenvalue weighted by Crippen LogP contribution is -2.65. The van der Waals surface area contributed by atoms with Crippen molar-refractivity contribution in [3.8, 4) is 11.5 Å². The van der Waals surface area contributed by atoms with Crippen LogP contribution in [0, 0.1) is 0 Å². The smallest absolute Gasteiger partial charge is 0.337 e. The van der Waals surface area contributed by atoms with Crippen molar-refractivity contribution in [1.29, 1.82) is 0 Å². The van der Waals surface area contributed by atoms with Gasteiger partial charge >= 0.3 is 5.97 Å². The van der Waals surface area contributed by atoms with Crippen LogP contribution in [0.25, 0.3) is 0 Å². The Kier molecular flexibility index (Phi) is 6.32. The summed E-state index contributed by atoms with van der Waals surface area (Å²) in [5, 5.41) is 29.9. The highest BCUT2D eigenvalue weighted by Crippen LogP contribution is 2.29. The van der Waals surface area contributed by atoms with Crippen LogP contribution in [0.15, 0.2) is 18.2 Å². The van der Waals surface area contributed by atoms with Gasteiger partial charge < -0.3 is 29.5 Å². The van der Waals surface area contributed by atoms with Crippen molar-refractivity contribution in [2.24, 2.45) is 0 Å². The Hall–Kier alpha value is -2.20. The molecular weight excluding hydrogens is 334 g/mol. The number of ether oxygens (including phenoxy) is 3. The third-order valence-corrected chi connectivity index (χ3v) is 3.99. The maximum absolute atomic E-state index is 11.2. The lowest BCUT2D eigenvalue weighted by molar-refractivity contribution is -0.219. The van der Waals surface area contributed by atoms with Gasteiger partial charge in [-0.3, -0.25) is 9.69 Å². The first-order chi connectivity index (χ1) is 11.9. The summed E-state index contributed by atoms with van der Waals surface area (Å²) in [5.74, 6) is -1.11. The number of aliphatic carboxylic acids is 1. The molecule has 0 amide bonds. The largest absolute Gasteiger partial charge is 0.493 e. The molecule has 9 heteroatoms. The van der Waals surface area contributed by atoms with Crippen molar-refractivity contribution in [1.82, 2.24) is 4.90 Å². The molecule has 3 N–H and O–H groups in total. The van der Waals surface area contributed by atoms with Crippen molar-refractivity contribution in [2.75, 3.05) is 40.0 Å². The molecule has 1 aromatic rings. The van der Waals surface area contributed by atoms with Crippen molar-refractivity contribution in [2.45, 2.75) is 11.8 Å². The fraction of sp³-hybridized carbons (Fsp3) is 0.500. The van der Waals surface area contributed by atoms with Gasteiger partial charge in [0.2, 0.25) is 0 Å². The molecule has 0 aromatic heterocycles. The number of aliphatic hydroxyl groups excluding tert-OH is 1. The monoisotopic (exact) mass is 355 g/mol. The quantitative estimate of drug-likeness (QED) is 0.522. The number of carboxylic acid groups (broad SMARTS) is 1. The number of carbonyl (C=O) groups is 2. The Labute approximate surface area is 144 Å². The Bertz CT molecular complexity index is 616.